The van der Waals surface area contributed by atoms with Gasteiger partial charge in [-0.2, -0.15) is 5.10 Å². The smallest absolute Gasteiger partial charge is 0.337 e. The summed E-state index contributed by atoms with van der Waals surface area (Å²) in [5.74, 6) is -0.839. The maximum atomic E-state index is 11.9. The van der Waals surface area contributed by atoms with Gasteiger partial charge in [0.05, 0.1) is 39.2 Å². The number of rotatable bonds is 9. The second kappa shape index (κ2) is 13.8. The normalized spacial score (nSPS) is 14.0. The predicted octanol–water partition coefficient (Wildman–Crippen LogP) is 8.64. The molecule has 53 heavy (non-hydrogen) atoms. The summed E-state index contributed by atoms with van der Waals surface area (Å²) in [6.07, 6.45) is 15.0. The van der Waals surface area contributed by atoms with Crippen molar-refractivity contribution in [2.75, 3.05) is 0 Å². The maximum Gasteiger partial charge on any atom is 0.337 e. The molecule has 0 atom stereocenters. The number of aromatic carboxylic acids is 2. The second-order valence-electron chi connectivity index (χ2n) is 14.3. The fourth-order valence-electron chi connectivity index (χ4n) is 7.33. The molecule has 2 fully saturated rings. The third-order valence-corrected chi connectivity index (χ3v) is 11.0. The fourth-order valence-corrected chi connectivity index (χ4v) is 8.13. The van der Waals surface area contributed by atoms with E-state index in [0.29, 0.717) is 47.2 Å². The van der Waals surface area contributed by atoms with Crippen LogP contribution in [0.15, 0.2) is 90.1 Å². The molecule has 2 aliphatic rings. The Labute approximate surface area is 314 Å². The van der Waals surface area contributed by atoms with Gasteiger partial charge in [-0.25, -0.2) is 9.59 Å². The van der Waals surface area contributed by atoms with E-state index < -0.39 is 11.9 Å². The van der Waals surface area contributed by atoms with Crippen LogP contribution in [0.2, 0.25) is 0 Å². The number of carboxylic acids is 2. The van der Waals surface area contributed by atoms with Crippen molar-refractivity contribution in [3.63, 3.8) is 0 Å². The van der Waals surface area contributed by atoms with Crippen LogP contribution in [0.1, 0.15) is 91.9 Å². The number of nitrogens with zero attached hydrogens (tertiary/aromatic N) is 6. The average molecular weight is 772 g/mol. The van der Waals surface area contributed by atoms with E-state index in [4.69, 9.17) is 0 Å². The van der Waals surface area contributed by atoms with Crippen molar-refractivity contribution in [1.29, 1.82) is 0 Å². The van der Waals surface area contributed by atoms with Crippen LogP contribution in [0, 0.1) is 0 Å². The summed E-state index contributed by atoms with van der Waals surface area (Å²) in [7, 11) is 5.97. The van der Waals surface area contributed by atoms with Gasteiger partial charge in [0, 0.05) is 85.8 Å². The van der Waals surface area contributed by atoms with Gasteiger partial charge < -0.3 is 19.3 Å². The zero-order valence-corrected chi connectivity index (χ0v) is 31.3. The Bertz CT molecular complexity index is 2560. The van der Waals surface area contributed by atoms with E-state index in [-0.39, 0.29) is 0 Å². The van der Waals surface area contributed by atoms with Gasteiger partial charge in [-0.15, -0.1) is 0 Å². The van der Waals surface area contributed by atoms with Crippen molar-refractivity contribution in [1.82, 2.24) is 28.9 Å². The van der Waals surface area contributed by atoms with Gasteiger partial charge in [-0.1, -0.05) is 0 Å². The third-order valence-electron chi connectivity index (χ3n) is 10.4. The number of benzene rings is 2. The predicted molar refractivity (Wildman–Crippen MR) is 208 cm³/mol. The Kier molecular flexibility index (Phi) is 8.98. The Hall–Kier alpha value is -5.55. The molecule has 11 heteroatoms. The molecule has 0 radical (unpaired) electrons. The topological polar surface area (TPSA) is 128 Å². The van der Waals surface area contributed by atoms with E-state index in [1.807, 2.05) is 68.8 Å². The lowest BCUT2D eigenvalue weighted by atomic mass is 9.98. The van der Waals surface area contributed by atoms with E-state index in [1.165, 1.54) is 0 Å². The molecule has 7 aromatic rings. The molecule has 5 aromatic heterocycles. The SMILES string of the molecule is Cn1ccc2cc(Cc3ncc(C4CC4)cc3C(=O)O)cc(Br)c21.Cn1nccc1-c1cc(Cc2ncc(C3CC3)cc2C(=O)O)cc2ccn(C)c12. The summed E-state index contributed by atoms with van der Waals surface area (Å²) in [6, 6.07) is 18.2. The van der Waals surface area contributed by atoms with Crippen LogP contribution in [-0.2, 0) is 34.0 Å². The highest BCUT2D eigenvalue weighted by Crippen LogP contribution is 2.41. The molecule has 2 N–H and O–H groups in total. The Morgan fingerprint density at radius 1 is 0.717 bits per heavy atom. The van der Waals surface area contributed by atoms with E-state index in [0.717, 1.165) is 85.5 Å². The van der Waals surface area contributed by atoms with E-state index >= 15 is 0 Å². The second-order valence-corrected chi connectivity index (χ2v) is 15.2. The highest BCUT2D eigenvalue weighted by molar-refractivity contribution is 9.10. The molecule has 268 valence electrons. The van der Waals surface area contributed by atoms with Crippen LogP contribution < -0.4 is 0 Å². The van der Waals surface area contributed by atoms with Gasteiger partial charge in [-0.3, -0.25) is 14.6 Å². The van der Waals surface area contributed by atoms with Crippen molar-refractivity contribution >= 4 is 49.7 Å². The van der Waals surface area contributed by atoms with Crippen molar-refractivity contribution in [3.8, 4) is 11.3 Å². The first kappa shape index (κ1) is 34.5. The molecular weight excluding hydrogens is 732 g/mol. The quantitative estimate of drug-likeness (QED) is 0.150. The molecule has 0 saturated heterocycles. The van der Waals surface area contributed by atoms with Gasteiger partial charge >= 0.3 is 11.9 Å². The molecule has 9 rings (SSSR count). The Morgan fingerprint density at radius 2 is 1.23 bits per heavy atom. The Morgan fingerprint density at radius 3 is 1.72 bits per heavy atom. The number of fused-ring (bicyclic) bond motifs is 2. The van der Waals surface area contributed by atoms with Crippen molar-refractivity contribution in [3.05, 3.63) is 135 Å². The number of aryl methyl sites for hydroxylation is 3. The first-order valence-electron chi connectivity index (χ1n) is 17.8. The van der Waals surface area contributed by atoms with Crippen LogP contribution in [-0.4, -0.2) is 51.0 Å². The molecule has 0 amide bonds. The molecule has 0 aliphatic heterocycles. The number of aromatic nitrogens is 6. The monoisotopic (exact) mass is 770 g/mol. The summed E-state index contributed by atoms with van der Waals surface area (Å²) in [5, 5.41) is 25.8. The van der Waals surface area contributed by atoms with Crippen LogP contribution >= 0.6 is 15.9 Å². The average Bonchev–Trinajstić information content (AvgIpc) is 4.05. The lowest BCUT2D eigenvalue weighted by Crippen LogP contribution is -2.07. The molecule has 0 unspecified atom stereocenters. The van der Waals surface area contributed by atoms with Crippen LogP contribution in [0.5, 0.6) is 0 Å². The molecule has 2 aromatic carbocycles. The number of carbonyl (C=O) groups is 2. The molecule has 5 heterocycles. The highest BCUT2D eigenvalue weighted by atomic mass is 79.9. The minimum absolute atomic E-state index is 0.310. The van der Waals surface area contributed by atoms with Gasteiger partial charge in [0.2, 0.25) is 0 Å². The third kappa shape index (κ3) is 7.01. The minimum atomic E-state index is -0.914. The van der Waals surface area contributed by atoms with E-state index in [9.17, 15) is 19.8 Å². The van der Waals surface area contributed by atoms with E-state index in [1.54, 1.807) is 12.3 Å². The summed E-state index contributed by atoms with van der Waals surface area (Å²) < 4.78 is 7.03. The first-order valence-corrected chi connectivity index (χ1v) is 18.6. The number of pyridine rings is 2. The fraction of sp³-hybridized carbons (Fsp3) is 0.262. The Balaban J connectivity index is 0.000000154. The van der Waals surface area contributed by atoms with Gasteiger partial charge in [0.25, 0.3) is 0 Å². The number of carboxylic acid groups (broad SMARTS) is 2. The van der Waals surface area contributed by atoms with Crippen molar-refractivity contribution < 1.29 is 19.8 Å². The summed E-state index contributed by atoms with van der Waals surface area (Å²) >= 11 is 3.62. The highest BCUT2D eigenvalue weighted by Gasteiger charge is 2.27. The molecule has 0 spiro atoms. The molecule has 10 nitrogen and oxygen atoms in total. The minimum Gasteiger partial charge on any atom is -0.478 e. The number of hydrogen-bond donors (Lipinski definition) is 2. The van der Waals surface area contributed by atoms with Crippen molar-refractivity contribution in [2.45, 2.75) is 50.4 Å². The van der Waals surface area contributed by atoms with Crippen LogP contribution in [0.3, 0.4) is 0 Å². The maximum absolute atomic E-state index is 11.9. The number of halogens is 1. The summed E-state index contributed by atoms with van der Waals surface area (Å²) in [5.41, 5.74) is 10.4. The first-order chi connectivity index (χ1) is 25.5. The summed E-state index contributed by atoms with van der Waals surface area (Å²) in [6.45, 7) is 0. The van der Waals surface area contributed by atoms with Crippen LogP contribution in [0.25, 0.3) is 33.1 Å². The molecule has 2 aliphatic carbocycles. The van der Waals surface area contributed by atoms with Crippen LogP contribution in [0.4, 0.5) is 0 Å². The lowest BCUT2D eigenvalue weighted by Gasteiger charge is -2.12. The largest absolute Gasteiger partial charge is 0.478 e. The molecule has 2 saturated carbocycles. The zero-order valence-electron chi connectivity index (χ0n) is 29.8. The summed E-state index contributed by atoms with van der Waals surface area (Å²) in [4.78, 5) is 32.5. The molecule has 0 bridgehead atoms. The van der Waals surface area contributed by atoms with E-state index in [2.05, 4.69) is 70.5 Å². The zero-order chi connectivity index (χ0) is 37.0. The number of hydrogen-bond acceptors (Lipinski definition) is 5. The van der Waals surface area contributed by atoms with Gasteiger partial charge in [0.15, 0.2) is 0 Å². The molecular formula is C42H39BrN6O4. The standard InChI is InChI=1S/C23H22N4O2.C19H17BrN2O2/c1-26-8-6-16-9-14(10-19(22(16)26)21-5-7-25-27(21)2)11-20-18(23(28)29)12-17(13-24-20)15-3-4-15;1-22-5-4-13-6-11(7-16(20)18(13)22)8-17-15(19(23)24)9-14(10-21-17)12-2-3-12/h5-10,12-13,15H,3-4,11H2,1-2H3,(H,28,29);4-7,9-10,12H,2-3,8H2,1H3,(H,23,24). The lowest BCUT2D eigenvalue weighted by molar-refractivity contribution is 0.0684. The van der Waals surface area contributed by atoms with Gasteiger partial charge in [-0.05, 0) is 130 Å². The van der Waals surface area contributed by atoms with Gasteiger partial charge in [0.1, 0.15) is 0 Å². The van der Waals surface area contributed by atoms with Crippen molar-refractivity contribution in [2.24, 2.45) is 21.1 Å².